The van der Waals surface area contributed by atoms with Crippen molar-refractivity contribution >= 4 is 5.97 Å². The third kappa shape index (κ3) is 1.34. The molecular weight excluding hydrogens is 260 g/mol. The van der Waals surface area contributed by atoms with E-state index in [0.29, 0.717) is 17.3 Å². The quantitative estimate of drug-likeness (QED) is 0.503. The second-order valence-corrected chi connectivity index (χ2v) is 9.85. The lowest BCUT2D eigenvalue weighted by atomic mass is 9.55. The first kappa shape index (κ1) is 13.0. The van der Waals surface area contributed by atoms with E-state index in [1.54, 1.807) is 0 Å². The zero-order chi connectivity index (χ0) is 14.7. The highest BCUT2D eigenvalue weighted by molar-refractivity contribution is 5.76. The highest BCUT2D eigenvalue weighted by Crippen LogP contribution is 2.74. The summed E-state index contributed by atoms with van der Waals surface area (Å²) in [7, 11) is 0. The molecule has 116 valence electrons. The average Bonchev–Trinajstić information content (AvgIpc) is 3.09. The molecule has 5 aliphatic rings. The van der Waals surface area contributed by atoms with Gasteiger partial charge in [0.05, 0.1) is 12.5 Å². The van der Waals surface area contributed by atoms with Gasteiger partial charge >= 0.3 is 5.97 Å². The minimum absolute atomic E-state index is 0.147. The Labute approximate surface area is 128 Å². The molecular formula is C19H28O2. The number of cyclic esters (lactones) is 1. The van der Waals surface area contributed by atoms with Crippen molar-refractivity contribution < 1.29 is 9.53 Å². The second-order valence-electron chi connectivity index (χ2n) is 9.85. The fraction of sp³-hybridized carbons (Fsp3) is 0.947. The molecule has 0 aromatic carbocycles. The topological polar surface area (TPSA) is 26.3 Å². The van der Waals surface area contributed by atoms with Crippen LogP contribution in [0.2, 0.25) is 0 Å². The molecule has 5 fully saturated rings. The van der Waals surface area contributed by atoms with Gasteiger partial charge in [0.25, 0.3) is 0 Å². The highest BCUT2D eigenvalue weighted by Gasteiger charge is 2.72. The lowest BCUT2D eigenvalue weighted by molar-refractivity contribution is -0.143. The van der Waals surface area contributed by atoms with Crippen LogP contribution in [-0.2, 0) is 9.53 Å². The first-order chi connectivity index (χ1) is 9.89. The summed E-state index contributed by atoms with van der Waals surface area (Å²) in [6.45, 7) is 10.6. The number of fused-ring (bicyclic) bond motifs is 12. The van der Waals surface area contributed by atoms with E-state index >= 15 is 0 Å². The Morgan fingerprint density at radius 1 is 0.952 bits per heavy atom. The number of esters is 1. The summed E-state index contributed by atoms with van der Waals surface area (Å²) in [6, 6.07) is 0. The number of rotatable bonds is 0. The Morgan fingerprint density at radius 2 is 1.62 bits per heavy atom. The van der Waals surface area contributed by atoms with Crippen LogP contribution in [0.25, 0.3) is 0 Å². The molecule has 2 heteroatoms. The monoisotopic (exact) mass is 288 g/mol. The molecule has 0 N–H and O–H groups in total. The normalized spacial score (nSPS) is 60.3. The molecule has 5 rings (SSSR count). The maximum Gasteiger partial charge on any atom is 0.309 e. The number of carbonyl (C=O) groups excluding carboxylic acids is 1. The summed E-state index contributed by atoms with van der Waals surface area (Å²) >= 11 is 0. The lowest BCUT2D eigenvalue weighted by Crippen LogP contribution is -2.46. The predicted octanol–water partition coefficient (Wildman–Crippen LogP) is 3.61. The molecule has 10 unspecified atom stereocenters. The van der Waals surface area contributed by atoms with Crippen LogP contribution in [0.1, 0.15) is 40.5 Å². The molecule has 0 spiro atoms. The summed E-state index contributed by atoms with van der Waals surface area (Å²) < 4.78 is 5.44. The van der Waals surface area contributed by atoms with Gasteiger partial charge < -0.3 is 4.74 Å². The Bertz CT molecular complexity index is 504. The predicted molar refractivity (Wildman–Crippen MR) is 80.2 cm³/mol. The number of carbonyl (C=O) groups is 1. The molecule has 4 aliphatic carbocycles. The Balaban J connectivity index is 1.53. The van der Waals surface area contributed by atoms with E-state index in [9.17, 15) is 4.79 Å². The van der Waals surface area contributed by atoms with Crippen LogP contribution in [0.15, 0.2) is 0 Å². The largest absolute Gasteiger partial charge is 0.465 e. The van der Waals surface area contributed by atoms with Gasteiger partial charge in [-0.1, -0.05) is 27.7 Å². The van der Waals surface area contributed by atoms with E-state index in [1.807, 2.05) is 0 Å². The highest BCUT2D eigenvalue weighted by atomic mass is 16.5. The molecule has 10 atom stereocenters. The van der Waals surface area contributed by atoms with Crippen LogP contribution in [-0.4, -0.2) is 12.6 Å². The zero-order valence-corrected chi connectivity index (χ0v) is 13.7. The number of hydrogen-bond acceptors (Lipinski definition) is 2. The smallest absolute Gasteiger partial charge is 0.309 e. The van der Waals surface area contributed by atoms with Crippen molar-refractivity contribution in [3.8, 4) is 0 Å². The first-order valence-electron chi connectivity index (χ1n) is 9.06. The minimum Gasteiger partial charge on any atom is -0.465 e. The molecule has 0 amide bonds. The Hall–Kier alpha value is -0.530. The summed E-state index contributed by atoms with van der Waals surface area (Å²) in [4.78, 5) is 12.2. The van der Waals surface area contributed by atoms with E-state index < -0.39 is 0 Å². The van der Waals surface area contributed by atoms with Crippen LogP contribution in [0.5, 0.6) is 0 Å². The van der Waals surface area contributed by atoms with E-state index in [-0.39, 0.29) is 11.9 Å². The summed E-state index contributed by atoms with van der Waals surface area (Å²) in [5, 5.41) is 0. The van der Waals surface area contributed by atoms with Crippen LogP contribution in [0.4, 0.5) is 0 Å². The van der Waals surface area contributed by atoms with Gasteiger partial charge in [-0.25, -0.2) is 0 Å². The molecule has 4 saturated carbocycles. The number of hydrogen-bond donors (Lipinski definition) is 0. The van der Waals surface area contributed by atoms with Gasteiger partial charge in [-0.2, -0.15) is 0 Å². The van der Waals surface area contributed by atoms with Crippen molar-refractivity contribution in [1.29, 1.82) is 0 Å². The summed E-state index contributed by atoms with van der Waals surface area (Å²) in [6.07, 6.45) is 2.80. The van der Waals surface area contributed by atoms with Gasteiger partial charge in [-0.3, -0.25) is 4.79 Å². The fourth-order valence-electron chi connectivity index (χ4n) is 8.35. The molecule has 0 radical (unpaired) electrons. The molecule has 0 aromatic heterocycles. The summed E-state index contributed by atoms with van der Waals surface area (Å²) in [5.74, 6) is 7.86. The molecule has 4 bridgehead atoms. The molecule has 1 aliphatic heterocycles. The lowest BCUT2D eigenvalue weighted by Gasteiger charge is -2.48. The standard InChI is InChI=1S/C19H28O2/c1-8-9-5-12(17(8)19(2,3)4)15-11-6-10(14(9)15)13-7-21-18(20)16(11)13/h8-17H,5-7H2,1-4H3. The summed E-state index contributed by atoms with van der Waals surface area (Å²) in [5.41, 5.74) is 0.418. The van der Waals surface area contributed by atoms with Crippen molar-refractivity contribution in [2.24, 2.45) is 64.6 Å². The molecule has 21 heavy (non-hydrogen) atoms. The third-order valence-electron chi connectivity index (χ3n) is 8.38. The van der Waals surface area contributed by atoms with Gasteiger partial charge in [-0.05, 0) is 65.6 Å². The van der Waals surface area contributed by atoms with Crippen LogP contribution < -0.4 is 0 Å². The van der Waals surface area contributed by atoms with Gasteiger partial charge in [0.1, 0.15) is 0 Å². The Morgan fingerprint density at radius 3 is 2.33 bits per heavy atom. The third-order valence-corrected chi connectivity index (χ3v) is 8.38. The first-order valence-corrected chi connectivity index (χ1v) is 9.06. The maximum absolute atomic E-state index is 12.2. The molecule has 1 saturated heterocycles. The molecule has 2 nitrogen and oxygen atoms in total. The SMILES string of the molecule is CC1C2CC(C3C4CC(C5COC(=O)C54)C23)C1C(C)(C)C. The fourth-order valence-corrected chi connectivity index (χ4v) is 8.35. The Kier molecular flexibility index (Phi) is 2.27. The van der Waals surface area contributed by atoms with E-state index in [4.69, 9.17) is 4.74 Å². The van der Waals surface area contributed by atoms with Crippen molar-refractivity contribution in [1.82, 2.24) is 0 Å². The van der Waals surface area contributed by atoms with Gasteiger partial charge in [-0.15, -0.1) is 0 Å². The molecule has 1 heterocycles. The number of ether oxygens (including phenoxy) is 1. The van der Waals surface area contributed by atoms with E-state index in [0.717, 1.165) is 48.0 Å². The minimum atomic E-state index is 0.147. The van der Waals surface area contributed by atoms with Crippen molar-refractivity contribution in [3.05, 3.63) is 0 Å². The zero-order valence-electron chi connectivity index (χ0n) is 13.7. The van der Waals surface area contributed by atoms with Crippen LogP contribution in [0, 0.1) is 64.6 Å². The van der Waals surface area contributed by atoms with E-state index in [1.165, 1.54) is 12.8 Å². The van der Waals surface area contributed by atoms with Gasteiger partial charge in [0.2, 0.25) is 0 Å². The second kappa shape index (κ2) is 3.68. The van der Waals surface area contributed by atoms with Crippen LogP contribution >= 0.6 is 0 Å². The van der Waals surface area contributed by atoms with Gasteiger partial charge in [0, 0.05) is 5.92 Å². The van der Waals surface area contributed by atoms with Gasteiger partial charge in [0.15, 0.2) is 0 Å². The van der Waals surface area contributed by atoms with Crippen molar-refractivity contribution in [2.45, 2.75) is 40.5 Å². The van der Waals surface area contributed by atoms with Crippen molar-refractivity contribution in [2.75, 3.05) is 6.61 Å². The van der Waals surface area contributed by atoms with Crippen LogP contribution in [0.3, 0.4) is 0 Å². The van der Waals surface area contributed by atoms with Crippen molar-refractivity contribution in [3.63, 3.8) is 0 Å². The molecule has 0 aromatic rings. The maximum atomic E-state index is 12.2. The average molecular weight is 288 g/mol. The van der Waals surface area contributed by atoms with E-state index in [2.05, 4.69) is 27.7 Å².